The van der Waals surface area contributed by atoms with Crippen molar-refractivity contribution >= 4 is 0 Å². The molecule has 1 fully saturated rings. The average Bonchev–Trinajstić information content (AvgIpc) is 1.98. The molecule has 0 aliphatic carbocycles. The fourth-order valence-electron chi connectivity index (χ4n) is 2.14. The number of hydroxylamine groups is 2. The van der Waals surface area contributed by atoms with Gasteiger partial charge in [-0.05, 0) is 40.5 Å². The van der Waals surface area contributed by atoms with Crippen LogP contribution in [0.15, 0.2) is 0 Å². The normalized spacial score (nSPS) is 33.2. The van der Waals surface area contributed by atoms with E-state index in [1.165, 1.54) is 0 Å². The molecule has 0 saturated carbocycles. The third kappa shape index (κ3) is 1.72. The fraction of sp³-hybridized carbons (Fsp3) is 1.00. The van der Waals surface area contributed by atoms with Gasteiger partial charge in [-0.1, -0.05) is 0 Å². The Morgan fingerprint density at radius 3 is 2.31 bits per heavy atom. The first-order valence-electron chi connectivity index (χ1n) is 4.67. The van der Waals surface area contributed by atoms with Crippen molar-refractivity contribution < 1.29 is 10.0 Å². The van der Waals surface area contributed by atoms with Gasteiger partial charge in [-0.25, -0.2) is 4.94 Å². The second-order valence-electron chi connectivity index (χ2n) is 4.92. The largest absolute Gasteiger partial charge is 0.391 e. The molecule has 0 radical (unpaired) electrons. The van der Waals surface area contributed by atoms with Crippen molar-refractivity contribution in [2.45, 2.75) is 57.7 Å². The zero-order valence-electron chi connectivity index (χ0n) is 8.87. The SMILES string of the molecule is CC1(C)CCC(O)C(C)(C)N1ON. The Balaban J connectivity index is 2.91. The highest BCUT2D eigenvalue weighted by molar-refractivity contribution is 4.97. The van der Waals surface area contributed by atoms with Gasteiger partial charge < -0.3 is 5.11 Å². The summed E-state index contributed by atoms with van der Waals surface area (Å²) in [6.45, 7) is 8.00. The molecular formula is C9H20N2O2. The molecular weight excluding hydrogens is 168 g/mol. The highest BCUT2D eigenvalue weighted by Gasteiger charge is 2.47. The van der Waals surface area contributed by atoms with Crippen LogP contribution in [-0.4, -0.2) is 27.4 Å². The van der Waals surface area contributed by atoms with Gasteiger partial charge in [0.1, 0.15) is 0 Å². The summed E-state index contributed by atoms with van der Waals surface area (Å²) < 4.78 is 0. The molecule has 0 aromatic carbocycles. The van der Waals surface area contributed by atoms with Crippen molar-refractivity contribution in [2.24, 2.45) is 5.90 Å². The van der Waals surface area contributed by atoms with Crippen molar-refractivity contribution in [2.75, 3.05) is 0 Å². The van der Waals surface area contributed by atoms with E-state index in [0.29, 0.717) is 0 Å². The van der Waals surface area contributed by atoms with Crippen molar-refractivity contribution in [3.05, 3.63) is 0 Å². The van der Waals surface area contributed by atoms with Crippen LogP contribution in [0.5, 0.6) is 0 Å². The molecule has 13 heavy (non-hydrogen) atoms. The molecule has 1 atom stereocenters. The van der Waals surface area contributed by atoms with Gasteiger partial charge >= 0.3 is 0 Å². The number of hydrogen-bond acceptors (Lipinski definition) is 4. The van der Waals surface area contributed by atoms with Crippen LogP contribution in [0.1, 0.15) is 40.5 Å². The third-order valence-corrected chi connectivity index (χ3v) is 3.02. The number of aliphatic hydroxyl groups excluding tert-OH is 1. The molecule has 1 unspecified atom stereocenters. The van der Waals surface area contributed by atoms with Gasteiger partial charge in [-0.2, -0.15) is 11.0 Å². The summed E-state index contributed by atoms with van der Waals surface area (Å²) >= 11 is 0. The summed E-state index contributed by atoms with van der Waals surface area (Å²) in [4.78, 5) is 4.87. The van der Waals surface area contributed by atoms with Crippen LogP contribution in [0.2, 0.25) is 0 Å². The lowest BCUT2D eigenvalue weighted by atomic mass is 9.80. The average molecular weight is 188 g/mol. The topological polar surface area (TPSA) is 58.7 Å². The Labute approximate surface area is 79.6 Å². The smallest absolute Gasteiger partial charge is 0.0743 e. The number of hydrogen-bond donors (Lipinski definition) is 2. The Kier molecular flexibility index (Phi) is 2.69. The molecule has 0 amide bonds. The monoisotopic (exact) mass is 188 g/mol. The maximum atomic E-state index is 9.79. The van der Waals surface area contributed by atoms with E-state index in [0.717, 1.165) is 12.8 Å². The second-order valence-corrected chi connectivity index (χ2v) is 4.92. The number of nitrogens with two attached hydrogens (primary N) is 1. The van der Waals surface area contributed by atoms with E-state index >= 15 is 0 Å². The minimum absolute atomic E-state index is 0.114. The van der Waals surface area contributed by atoms with Crippen molar-refractivity contribution in [1.82, 2.24) is 5.06 Å². The van der Waals surface area contributed by atoms with E-state index in [-0.39, 0.29) is 11.6 Å². The Morgan fingerprint density at radius 2 is 1.92 bits per heavy atom. The minimum Gasteiger partial charge on any atom is -0.391 e. The summed E-state index contributed by atoms with van der Waals surface area (Å²) in [5.74, 6) is 5.23. The fourth-order valence-corrected chi connectivity index (χ4v) is 2.14. The lowest BCUT2D eigenvalue weighted by molar-refractivity contribution is -0.305. The van der Waals surface area contributed by atoms with Crippen LogP contribution in [-0.2, 0) is 4.94 Å². The second kappa shape index (κ2) is 3.20. The van der Waals surface area contributed by atoms with Gasteiger partial charge in [0.15, 0.2) is 0 Å². The van der Waals surface area contributed by atoms with Gasteiger partial charge in [0.2, 0.25) is 0 Å². The molecule has 4 heteroatoms. The van der Waals surface area contributed by atoms with Gasteiger partial charge in [-0.3, -0.25) is 0 Å². The molecule has 1 heterocycles. The lowest BCUT2D eigenvalue weighted by Gasteiger charge is -2.52. The number of aliphatic hydroxyl groups is 1. The van der Waals surface area contributed by atoms with Crippen LogP contribution in [0.25, 0.3) is 0 Å². The molecule has 0 spiro atoms. The summed E-state index contributed by atoms with van der Waals surface area (Å²) in [6, 6.07) is 0. The van der Waals surface area contributed by atoms with E-state index < -0.39 is 5.54 Å². The highest BCUT2D eigenvalue weighted by atomic mass is 16.8. The van der Waals surface area contributed by atoms with Crippen LogP contribution in [0.4, 0.5) is 0 Å². The number of piperidine rings is 1. The molecule has 1 saturated heterocycles. The molecule has 3 N–H and O–H groups in total. The molecule has 1 aliphatic heterocycles. The summed E-state index contributed by atoms with van der Waals surface area (Å²) in [5, 5.41) is 11.5. The molecule has 78 valence electrons. The van der Waals surface area contributed by atoms with E-state index in [2.05, 4.69) is 13.8 Å². The minimum atomic E-state index is -0.420. The van der Waals surface area contributed by atoms with E-state index in [1.807, 2.05) is 13.8 Å². The zero-order chi connectivity index (χ0) is 10.3. The molecule has 0 aromatic heterocycles. The summed E-state index contributed by atoms with van der Waals surface area (Å²) in [7, 11) is 0. The van der Waals surface area contributed by atoms with Crippen molar-refractivity contribution in [1.29, 1.82) is 0 Å². The van der Waals surface area contributed by atoms with Crippen molar-refractivity contribution in [3.63, 3.8) is 0 Å². The Bertz CT molecular complexity index is 192. The maximum Gasteiger partial charge on any atom is 0.0743 e. The van der Waals surface area contributed by atoms with Crippen LogP contribution in [0, 0.1) is 0 Å². The molecule has 0 bridgehead atoms. The van der Waals surface area contributed by atoms with Gasteiger partial charge in [0.05, 0.1) is 11.6 Å². The molecule has 0 aromatic rings. The predicted molar refractivity (Wildman–Crippen MR) is 50.5 cm³/mol. The highest BCUT2D eigenvalue weighted by Crippen LogP contribution is 2.37. The summed E-state index contributed by atoms with van der Waals surface area (Å²) in [6.07, 6.45) is 1.29. The molecule has 4 nitrogen and oxygen atoms in total. The number of nitrogens with zero attached hydrogens (tertiary/aromatic N) is 1. The van der Waals surface area contributed by atoms with Crippen LogP contribution in [0.3, 0.4) is 0 Å². The van der Waals surface area contributed by atoms with Gasteiger partial charge in [0.25, 0.3) is 0 Å². The standard InChI is InChI=1S/C9H20N2O2/c1-8(2)6-5-7(12)9(3,4)11(8)13-10/h7,12H,5-6,10H2,1-4H3. The molecule has 1 rings (SSSR count). The van der Waals surface area contributed by atoms with Crippen molar-refractivity contribution in [3.8, 4) is 0 Å². The quantitative estimate of drug-likeness (QED) is 0.598. The Morgan fingerprint density at radius 1 is 1.38 bits per heavy atom. The van der Waals surface area contributed by atoms with Crippen LogP contribution < -0.4 is 5.90 Å². The van der Waals surface area contributed by atoms with E-state index in [9.17, 15) is 5.11 Å². The first-order chi connectivity index (χ1) is 5.82. The first kappa shape index (κ1) is 10.9. The van der Waals surface area contributed by atoms with E-state index in [1.54, 1.807) is 5.06 Å². The summed E-state index contributed by atoms with van der Waals surface area (Å²) in [5.41, 5.74) is -0.534. The zero-order valence-corrected chi connectivity index (χ0v) is 8.87. The maximum absolute atomic E-state index is 9.79. The van der Waals surface area contributed by atoms with E-state index in [4.69, 9.17) is 10.8 Å². The van der Waals surface area contributed by atoms with Gasteiger partial charge in [-0.15, -0.1) is 0 Å². The Hall–Kier alpha value is -0.160. The third-order valence-electron chi connectivity index (χ3n) is 3.02. The van der Waals surface area contributed by atoms with Gasteiger partial charge in [0, 0.05) is 5.54 Å². The predicted octanol–water partition coefficient (Wildman–Crippen LogP) is 0.806. The lowest BCUT2D eigenvalue weighted by Crippen LogP contribution is -2.64. The molecule has 1 aliphatic rings. The van der Waals surface area contributed by atoms with Crippen LogP contribution >= 0.6 is 0 Å². The first-order valence-corrected chi connectivity index (χ1v) is 4.67. The number of rotatable bonds is 1.